The molecule has 2 aromatic heterocycles. The van der Waals surface area contributed by atoms with Gasteiger partial charge in [-0.1, -0.05) is 0 Å². The van der Waals surface area contributed by atoms with Gasteiger partial charge in [-0.15, -0.1) is 0 Å². The lowest BCUT2D eigenvalue weighted by atomic mass is 10.2. The second-order valence-electron chi connectivity index (χ2n) is 4.97. The zero-order valence-corrected chi connectivity index (χ0v) is 11.9. The molecule has 7 heteroatoms. The number of anilines is 1. The third kappa shape index (κ3) is 2.02. The van der Waals surface area contributed by atoms with Crippen LogP contribution in [0.25, 0.3) is 11.0 Å². The maximum absolute atomic E-state index is 11.5. The highest BCUT2D eigenvalue weighted by molar-refractivity contribution is 7.91. The highest BCUT2D eigenvalue weighted by atomic mass is 32.2. The fourth-order valence-corrected chi connectivity index (χ4v) is 3.81. The van der Waals surface area contributed by atoms with Crippen molar-refractivity contribution in [3.05, 3.63) is 23.9 Å². The Morgan fingerprint density at radius 2 is 2.05 bits per heavy atom. The van der Waals surface area contributed by atoms with E-state index >= 15 is 0 Å². The number of hydrogen-bond donors (Lipinski definition) is 1. The molecule has 2 aromatic rings. The van der Waals surface area contributed by atoms with Gasteiger partial charge in [0, 0.05) is 6.07 Å². The van der Waals surface area contributed by atoms with Crippen molar-refractivity contribution in [1.82, 2.24) is 4.98 Å². The molecule has 3 heterocycles. The second kappa shape index (κ2) is 4.49. The van der Waals surface area contributed by atoms with Crippen molar-refractivity contribution in [3.63, 3.8) is 0 Å². The first-order chi connectivity index (χ1) is 9.52. The fourth-order valence-electron chi connectivity index (χ4n) is 2.61. The Hall–Kier alpha value is -2.07. The minimum absolute atomic E-state index is 0.194. The Morgan fingerprint density at radius 3 is 2.70 bits per heavy atom. The third-order valence-electron chi connectivity index (χ3n) is 3.77. The number of fused-ring (bicyclic) bond motifs is 1. The van der Waals surface area contributed by atoms with E-state index in [9.17, 15) is 8.42 Å². The molecule has 0 aliphatic carbocycles. The normalized spacial score (nSPS) is 18.1. The number of H-pyrrole nitrogens is 1. The Kier molecular flexibility index (Phi) is 2.91. The van der Waals surface area contributed by atoms with E-state index in [1.807, 2.05) is 23.7 Å². The van der Waals surface area contributed by atoms with Crippen molar-refractivity contribution < 1.29 is 13.0 Å². The quantitative estimate of drug-likeness (QED) is 0.756. The lowest BCUT2D eigenvalue weighted by molar-refractivity contribution is -0.634. The zero-order valence-electron chi connectivity index (χ0n) is 11.1. The number of aromatic nitrogens is 2. The molecular weight excluding hydrogens is 276 g/mol. The van der Waals surface area contributed by atoms with Crippen molar-refractivity contribution >= 4 is 26.7 Å². The van der Waals surface area contributed by atoms with E-state index in [4.69, 9.17) is 5.26 Å². The number of pyridine rings is 1. The van der Waals surface area contributed by atoms with Crippen LogP contribution in [0.15, 0.2) is 18.3 Å². The van der Waals surface area contributed by atoms with Crippen LogP contribution in [0, 0.1) is 11.3 Å². The van der Waals surface area contributed by atoms with Gasteiger partial charge in [-0.3, -0.25) is 9.88 Å². The van der Waals surface area contributed by atoms with E-state index in [1.54, 1.807) is 6.20 Å². The standard InChI is InChI=1S/C13H14N4O2S/c1-16-12(17-4-6-20(18,19)7-5-17)3-2-11-10(8-14)9-15-13(11)16/h2-3,9H,4-7H2,1H3/p+1. The molecule has 0 saturated carbocycles. The molecule has 1 fully saturated rings. The monoisotopic (exact) mass is 291 g/mol. The van der Waals surface area contributed by atoms with Gasteiger partial charge in [0.15, 0.2) is 9.84 Å². The Balaban J connectivity index is 2.02. The molecule has 1 aliphatic heterocycles. The average Bonchev–Trinajstić information content (AvgIpc) is 2.84. The van der Waals surface area contributed by atoms with Crippen LogP contribution in [0.5, 0.6) is 0 Å². The van der Waals surface area contributed by atoms with Gasteiger partial charge in [0.2, 0.25) is 11.5 Å². The first-order valence-electron chi connectivity index (χ1n) is 6.37. The summed E-state index contributed by atoms with van der Waals surface area (Å²) in [5, 5.41) is 9.91. The number of hydrogen-bond acceptors (Lipinski definition) is 4. The summed E-state index contributed by atoms with van der Waals surface area (Å²) in [6.45, 7) is 1.01. The van der Waals surface area contributed by atoms with E-state index in [1.165, 1.54) is 0 Å². The van der Waals surface area contributed by atoms with Crippen molar-refractivity contribution in [2.75, 3.05) is 29.5 Å². The Morgan fingerprint density at radius 1 is 1.35 bits per heavy atom. The minimum Gasteiger partial charge on any atom is -0.290 e. The van der Waals surface area contributed by atoms with Crippen LogP contribution < -0.4 is 9.47 Å². The summed E-state index contributed by atoms with van der Waals surface area (Å²) in [4.78, 5) is 5.16. The number of rotatable bonds is 1. The lowest BCUT2D eigenvalue weighted by Gasteiger charge is -2.25. The predicted molar refractivity (Wildman–Crippen MR) is 75.1 cm³/mol. The molecule has 1 N–H and O–H groups in total. The highest BCUT2D eigenvalue weighted by Gasteiger charge is 2.27. The summed E-state index contributed by atoms with van der Waals surface area (Å²) in [7, 11) is -0.966. The number of sulfone groups is 1. The van der Waals surface area contributed by atoms with Crippen molar-refractivity contribution in [2.24, 2.45) is 7.05 Å². The van der Waals surface area contributed by atoms with Crippen LogP contribution in [0.1, 0.15) is 5.56 Å². The Labute approximate surface area is 117 Å². The van der Waals surface area contributed by atoms with Crippen LogP contribution in [0.2, 0.25) is 0 Å². The number of nitrogens with one attached hydrogen (secondary N) is 1. The van der Waals surface area contributed by atoms with Crippen LogP contribution in [0.4, 0.5) is 5.82 Å². The molecule has 0 unspecified atom stereocenters. The summed E-state index contributed by atoms with van der Waals surface area (Å²) in [6, 6.07) is 5.99. The van der Waals surface area contributed by atoms with E-state index in [0.717, 1.165) is 16.9 Å². The van der Waals surface area contributed by atoms with Crippen LogP contribution in [-0.4, -0.2) is 38.0 Å². The molecule has 0 spiro atoms. The number of nitrogens with zero attached hydrogens (tertiary/aromatic N) is 3. The summed E-state index contributed by atoms with van der Waals surface area (Å²) in [5.41, 5.74) is 1.48. The first-order valence-corrected chi connectivity index (χ1v) is 8.19. The third-order valence-corrected chi connectivity index (χ3v) is 5.37. The molecular formula is C13H15N4O2S+. The van der Waals surface area contributed by atoms with Gasteiger partial charge >= 0.3 is 0 Å². The van der Waals surface area contributed by atoms with Gasteiger partial charge < -0.3 is 0 Å². The van der Waals surface area contributed by atoms with E-state index in [0.29, 0.717) is 18.7 Å². The Bertz CT molecular complexity index is 803. The molecule has 0 atom stereocenters. The molecule has 0 radical (unpaired) electrons. The molecule has 1 aliphatic rings. The molecule has 1 saturated heterocycles. The van der Waals surface area contributed by atoms with Crippen LogP contribution in [-0.2, 0) is 16.9 Å². The van der Waals surface area contributed by atoms with Gasteiger partial charge in [-0.2, -0.15) is 5.26 Å². The van der Waals surface area contributed by atoms with Gasteiger partial charge in [-0.05, 0) is 6.07 Å². The van der Waals surface area contributed by atoms with Gasteiger partial charge in [0.25, 0.3) is 0 Å². The van der Waals surface area contributed by atoms with Crippen molar-refractivity contribution in [1.29, 1.82) is 5.26 Å². The van der Waals surface area contributed by atoms with Crippen molar-refractivity contribution in [3.8, 4) is 6.07 Å². The molecule has 20 heavy (non-hydrogen) atoms. The summed E-state index contributed by atoms with van der Waals surface area (Å²) in [6.07, 6.45) is 1.69. The topological polar surface area (TPSA) is 80.8 Å². The van der Waals surface area contributed by atoms with E-state index < -0.39 is 9.84 Å². The number of aryl methyl sites for hydroxylation is 1. The second-order valence-corrected chi connectivity index (χ2v) is 7.27. The average molecular weight is 291 g/mol. The van der Waals surface area contributed by atoms with Gasteiger partial charge in [0.1, 0.15) is 6.07 Å². The molecule has 0 aromatic carbocycles. The lowest BCUT2D eigenvalue weighted by Crippen LogP contribution is -2.47. The SMILES string of the molecule is C[n+]1c(N2CCS(=O)(=O)CC2)ccc2c(C#N)c[nH]c21. The summed E-state index contributed by atoms with van der Waals surface area (Å²) >= 11 is 0. The fraction of sp³-hybridized carbons (Fsp3) is 0.385. The minimum atomic E-state index is -2.88. The molecule has 0 bridgehead atoms. The van der Waals surface area contributed by atoms with Gasteiger partial charge in [0.05, 0.1) is 48.8 Å². The molecule has 6 nitrogen and oxygen atoms in total. The first kappa shape index (κ1) is 12.9. The largest absolute Gasteiger partial charge is 0.290 e. The number of nitriles is 1. The molecule has 3 rings (SSSR count). The van der Waals surface area contributed by atoms with Crippen molar-refractivity contribution in [2.45, 2.75) is 0 Å². The molecule has 0 amide bonds. The van der Waals surface area contributed by atoms with Gasteiger partial charge in [-0.25, -0.2) is 13.0 Å². The number of aromatic amines is 1. The molecule has 104 valence electrons. The highest BCUT2D eigenvalue weighted by Crippen LogP contribution is 2.19. The maximum Gasteiger partial charge on any atom is 0.234 e. The van der Waals surface area contributed by atoms with E-state index in [2.05, 4.69) is 16.0 Å². The maximum atomic E-state index is 11.5. The van der Waals surface area contributed by atoms with Crippen LogP contribution in [0.3, 0.4) is 0 Å². The summed E-state index contributed by atoms with van der Waals surface area (Å²) in [5.74, 6) is 1.34. The zero-order chi connectivity index (χ0) is 14.3. The van der Waals surface area contributed by atoms with E-state index in [-0.39, 0.29) is 11.5 Å². The predicted octanol–water partition coefficient (Wildman–Crippen LogP) is 0.0989. The smallest absolute Gasteiger partial charge is 0.234 e. The summed E-state index contributed by atoms with van der Waals surface area (Å²) < 4.78 is 24.9. The van der Waals surface area contributed by atoms with Crippen LogP contribution >= 0.6 is 0 Å².